The van der Waals surface area contributed by atoms with Gasteiger partial charge in [-0.25, -0.2) is 0 Å². The Labute approximate surface area is 123 Å². The molecule has 1 aliphatic carbocycles. The van der Waals surface area contributed by atoms with Gasteiger partial charge in [-0.05, 0) is 31.1 Å². The van der Waals surface area contributed by atoms with Crippen LogP contribution in [0.4, 0.5) is 0 Å². The van der Waals surface area contributed by atoms with Gasteiger partial charge in [0.15, 0.2) is 5.82 Å². The molecule has 21 heavy (non-hydrogen) atoms. The summed E-state index contributed by atoms with van der Waals surface area (Å²) in [7, 11) is 1.76. The fourth-order valence-corrected chi connectivity index (χ4v) is 3.31. The lowest BCUT2D eigenvalue weighted by Gasteiger charge is -2.29. The summed E-state index contributed by atoms with van der Waals surface area (Å²) >= 11 is 0. The van der Waals surface area contributed by atoms with Gasteiger partial charge < -0.3 is 4.52 Å². The van der Waals surface area contributed by atoms with Crippen molar-refractivity contribution in [1.82, 2.24) is 19.9 Å². The normalized spacial score (nSPS) is 26.0. The van der Waals surface area contributed by atoms with Crippen molar-refractivity contribution in [2.45, 2.75) is 39.0 Å². The van der Waals surface area contributed by atoms with E-state index >= 15 is 0 Å². The van der Waals surface area contributed by atoms with E-state index in [0.29, 0.717) is 29.1 Å². The predicted molar refractivity (Wildman–Crippen MR) is 75.9 cm³/mol. The lowest BCUT2D eigenvalue weighted by Crippen LogP contribution is -2.19. The summed E-state index contributed by atoms with van der Waals surface area (Å²) in [6, 6.07) is 0. The summed E-state index contributed by atoms with van der Waals surface area (Å²) in [5.41, 5.74) is 0.470. The highest BCUT2D eigenvalue weighted by atomic mass is 16.5. The van der Waals surface area contributed by atoms with Gasteiger partial charge >= 0.3 is 0 Å². The quantitative estimate of drug-likeness (QED) is 0.811. The van der Waals surface area contributed by atoms with Crippen LogP contribution in [0.2, 0.25) is 0 Å². The lowest BCUT2D eigenvalue weighted by molar-refractivity contribution is 0.0994. The molecule has 0 N–H and O–H groups in total. The average molecular weight is 288 g/mol. The number of hydrogen-bond acceptors (Lipinski definition) is 5. The van der Waals surface area contributed by atoms with Gasteiger partial charge in [0.25, 0.3) is 11.7 Å². The largest absolute Gasteiger partial charge is 0.330 e. The van der Waals surface area contributed by atoms with Gasteiger partial charge in [0.2, 0.25) is 0 Å². The molecule has 6 nitrogen and oxygen atoms in total. The summed E-state index contributed by atoms with van der Waals surface area (Å²) in [6.45, 7) is 4.51. The second-order valence-electron chi connectivity index (χ2n) is 6.30. The Bertz CT molecular complexity index is 636. The molecule has 2 heterocycles. The molecule has 0 bridgehead atoms. The SMILES string of the molecule is C[C@@H]1CC(c2noc(C(=O)c3cnn(C)c3)n2)C[C@@H](C)C1. The maximum Gasteiger partial charge on any atom is 0.299 e. The minimum Gasteiger partial charge on any atom is -0.330 e. The zero-order chi connectivity index (χ0) is 15.0. The molecule has 0 aromatic carbocycles. The molecule has 0 amide bonds. The van der Waals surface area contributed by atoms with E-state index in [1.807, 2.05) is 0 Å². The minimum absolute atomic E-state index is 0.0591. The van der Waals surface area contributed by atoms with Crippen molar-refractivity contribution in [2.75, 3.05) is 0 Å². The van der Waals surface area contributed by atoms with Crippen molar-refractivity contribution in [2.24, 2.45) is 18.9 Å². The third-order valence-corrected chi connectivity index (χ3v) is 4.15. The second kappa shape index (κ2) is 5.42. The molecule has 1 fully saturated rings. The molecular weight excluding hydrogens is 268 g/mol. The molecule has 6 heteroatoms. The summed E-state index contributed by atoms with van der Waals surface area (Å²) in [5.74, 6) is 2.08. The van der Waals surface area contributed by atoms with E-state index in [0.717, 1.165) is 12.8 Å². The first-order valence-electron chi connectivity index (χ1n) is 7.40. The van der Waals surface area contributed by atoms with Crippen molar-refractivity contribution >= 4 is 5.78 Å². The maximum atomic E-state index is 12.2. The minimum atomic E-state index is -0.265. The highest BCUT2D eigenvalue weighted by molar-refractivity contribution is 6.05. The first-order valence-corrected chi connectivity index (χ1v) is 7.40. The van der Waals surface area contributed by atoms with Crippen molar-refractivity contribution in [3.05, 3.63) is 29.7 Å². The Hall–Kier alpha value is -1.98. The van der Waals surface area contributed by atoms with E-state index in [4.69, 9.17) is 4.52 Å². The third kappa shape index (κ3) is 2.89. The van der Waals surface area contributed by atoms with Gasteiger partial charge in [-0.3, -0.25) is 9.48 Å². The fraction of sp³-hybridized carbons (Fsp3) is 0.600. The van der Waals surface area contributed by atoms with Crippen molar-refractivity contribution in [3.8, 4) is 0 Å². The number of ketones is 1. The van der Waals surface area contributed by atoms with Crippen LogP contribution in [0.5, 0.6) is 0 Å². The zero-order valence-corrected chi connectivity index (χ0v) is 12.6. The van der Waals surface area contributed by atoms with E-state index < -0.39 is 0 Å². The Kier molecular flexibility index (Phi) is 3.61. The molecule has 2 aromatic heterocycles. The van der Waals surface area contributed by atoms with Crippen LogP contribution in [0, 0.1) is 11.8 Å². The van der Waals surface area contributed by atoms with Crippen molar-refractivity contribution in [1.29, 1.82) is 0 Å². The van der Waals surface area contributed by atoms with E-state index in [9.17, 15) is 4.79 Å². The van der Waals surface area contributed by atoms with E-state index in [-0.39, 0.29) is 11.7 Å². The molecule has 2 aromatic rings. The number of aryl methyl sites for hydroxylation is 1. The summed E-state index contributed by atoms with van der Waals surface area (Å²) in [6.07, 6.45) is 6.53. The molecule has 0 aliphatic heterocycles. The summed E-state index contributed by atoms with van der Waals surface area (Å²) in [5, 5.41) is 8.01. The van der Waals surface area contributed by atoms with E-state index in [2.05, 4.69) is 29.1 Å². The Morgan fingerprint density at radius 1 is 1.29 bits per heavy atom. The first kappa shape index (κ1) is 14.0. The number of nitrogens with zero attached hydrogens (tertiary/aromatic N) is 4. The molecule has 2 atom stereocenters. The molecule has 0 radical (unpaired) electrons. The van der Waals surface area contributed by atoms with Gasteiger partial charge in [-0.15, -0.1) is 0 Å². The van der Waals surface area contributed by atoms with Crippen LogP contribution in [0.25, 0.3) is 0 Å². The van der Waals surface area contributed by atoms with Crippen molar-refractivity contribution in [3.63, 3.8) is 0 Å². The highest BCUT2D eigenvalue weighted by Gasteiger charge is 2.29. The third-order valence-electron chi connectivity index (χ3n) is 4.15. The molecule has 1 saturated carbocycles. The standard InChI is InChI=1S/C15H20N4O2/c1-9-4-10(2)6-11(5-9)14-17-15(21-18-14)13(20)12-7-16-19(3)8-12/h7-11H,4-6H2,1-3H3/t9-,10-/m0/s1. The van der Waals surface area contributed by atoms with Gasteiger partial charge in [-0.1, -0.05) is 19.0 Å². The van der Waals surface area contributed by atoms with Crippen LogP contribution in [-0.2, 0) is 7.05 Å². The van der Waals surface area contributed by atoms with Crippen LogP contribution in [-0.4, -0.2) is 25.7 Å². The highest BCUT2D eigenvalue weighted by Crippen LogP contribution is 2.37. The molecule has 1 aliphatic rings. The Morgan fingerprint density at radius 3 is 2.62 bits per heavy atom. The van der Waals surface area contributed by atoms with Gasteiger partial charge in [-0.2, -0.15) is 10.1 Å². The maximum absolute atomic E-state index is 12.2. The van der Waals surface area contributed by atoms with E-state index in [1.54, 1.807) is 17.9 Å². The van der Waals surface area contributed by atoms with Crippen LogP contribution < -0.4 is 0 Å². The fourth-order valence-electron chi connectivity index (χ4n) is 3.31. The van der Waals surface area contributed by atoms with Crippen molar-refractivity contribution < 1.29 is 9.32 Å². The number of hydrogen-bond donors (Lipinski definition) is 0. The van der Waals surface area contributed by atoms with Gasteiger partial charge in [0.1, 0.15) is 0 Å². The van der Waals surface area contributed by atoms with Gasteiger partial charge in [0, 0.05) is 19.2 Å². The number of aromatic nitrogens is 4. The van der Waals surface area contributed by atoms with Gasteiger partial charge in [0.05, 0.1) is 11.8 Å². The monoisotopic (exact) mass is 288 g/mol. The molecular formula is C15H20N4O2. The molecule has 0 saturated heterocycles. The van der Waals surface area contributed by atoms with Crippen LogP contribution >= 0.6 is 0 Å². The Balaban J connectivity index is 1.78. The first-order chi connectivity index (χ1) is 10.0. The average Bonchev–Trinajstić information content (AvgIpc) is 3.05. The summed E-state index contributed by atoms with van der Waals surface area (Å²) in [4.78, 5) is 16.6. The number of carbonyl (C=O) groups excluding carboxylic acids is 1. The smallest absolute Gasteiger partial charge is 0.299 e. The number of rotatable bonds is 3. The lowest BCUT2D eigenvalue weighted by atomic mass is 9.76. The second-order valence-corrected chi connectivity index (χ2v) is 6.30. The van der Waals surface area contributed by atoms with E-state index in [1.165, 1.54) is 12.6 Å². The summed E-state index contributed by atoms with van der Waals surface area (Å²) < 4.78 is 6.74. The molecule has 0 spiro atoms. The van der Waals surface area contributed by atoms with Crippen LogP contribution in [0.3, 0.4) is 0 Å². The Morgan fingerprint density at radius 2 is 2.00 bits per heavy atom. The number of carbonyl (C=O) groups is 1. The van der Waals surface area contributed by atoms with Crippen LogP contribution in [0.15, 0.2) is 16.9 Å². The van der Waals surface area contributed by atoms with Crippen LogP contribution in [0.1, 0.15) is 61.1 Å². The molecule has 3 rings (SSSR count). The predicted octanol–water partition coefficient (Wildman–Crippen LogP) is 2.57. The zero-order valence-electron chi connectivity index (χ0n) is 12.6. The topological polar surface area (TPSA) is 73.8 Å². The molecule has 112 valence electrons. The molecule has 0 unspecified atom stereocenters.